The molecule has 2 aromatic rings. The highest BCUT2D eigenvalue weighted by Gasteiger charge is 2.10. The van der Waals surface area contributed by atoms with Crippen molar-refractivity contribution < 1.29 is 5.11 Å². The Bertz CT molecular complexity index is 669. The van der Waals surface area contributed by atoms with Crippen LogP contribution >= 0.6 is 0 Å². The van der Waals surface area contributed by atoms with E-state index < -0.39 is 0 Å². The van der Waals surface area contributed by atoms with Crippen LogP contribution in [0.4, 0.5) is 5.82 Å². The number of hydrogen-bond donors (Lipinski definition) is 2. The molecule has 2 rings (SSSR count). The molecule has 0 saturated heterocycles. The SMILES string of the molecule is CC#Cc1ccc(-c2nnc(NC)cc2C)c(O)c1. The van der Waals surface area contributed by atoms with Gasteiger partial charge < -0.3 is 10.4 Å². The lowest BCUT2D eigenvalue weighted by Gasteiger charge is -2.08. The lowest BCUT2D eigenvalue weighted by Crippen LogP contribution is -1.98. The Morgan fingerprint density at radius 2 is 2.00 bits per heavy atom. The summed E-state index contributed by atoms with van der Waals surface area (Å²) in [7, 11) is 1.79. The van der Waals surface area contributed by atoms with Gasteiger partial charge in [0, 0.05) is 18.2 Å². The van der Waals surface area contributed by atoms with Crippen LogP contribution in [0, 0.1) is 18.8 Å². The first-order valence-electron chi connectivity index (χ1n) is 5.94. The number of aromatic nitrogens is 2. The summed E-state index contributed by atoms with van der Waals surface area (Å²) in [5.41, 5.74) is 3.06. The number of rotatable bonds is 2. The molecule has 96 valence electrons. The summed E-state index contributed by atoms with van der Waals surface area (Å²) in [4.78, 5) is 0. The highest BCUT2D eigenvalue weighted by atomic mass is 16.3. The molecule has 0 amide bonds. The molecule has 0 atom stereocenters. The van der Waals surface area contributed by atoms with E-state index in [0.29, 0.717) is 17.1 Å². The fourth-order valence-electron chi connectivity index (χ4n) is 1.83. The predicted octanol–water partition coefficient (Wildman–Crippen LogP) is 2.57. The largest absolute Gasteiger partial charge is 0.507 e. The summed E-state index contributed by atoms with van der Waals surface area (Å²) < 4.78 is 0. The topological polar surface area (TPSA) is 58.0 Å². The van der Waals surface area contributed by atoms with Crippen molar-refractivity contribution in [2.75, 3.05) is 12.4 Å². The third-order valence-electron chi connectivity index (χ3n) is 2.76. The fraction of sp³-hybridized carbons (Fsp3) is 0.200. The number of nitrogens with one attached hydrogen (secondary N) is 1. The number of phenolic OH excluding ortho intramolecular Hbond substituents is 1. The van der Waals surface area contributed by atoms with E-state index in [4.69, 9.17) is 0 Å². The summed E-state index contributed by atoms with van der Waals surface area (Å²) in [5, 5.41) is 21.2. The van der Waals surface area contributed by atoms with Gasteiger partial charge in [-0.2, -0.15) is 0 Å². The van der Waals surface area contributed by atoms with Crippen molar-refractivity contribution in [2.45, 2.75) is 13.8 Å². The molecule has 0 unspecified atom stereocenters. The molecule has 1 aromatic carbocycles. The Balaban J connectivity index is 2.49. The Labute approximate surface area is 112 Å². The molecule has 1 aromatic heterocycles. The van der Waals surface area contributed by atoms with E-state index in [1.54, 1.807) is 20.0 Å². The lowest BCUT2D eigenvalue weighted by atomic mass is 10.0. The minimum Gasteiger partial charge on any atom is -0.507 e. The molecule has 1 heterocycles. The third kappa shape index (κ3) is 2.66. The standard InChI is InChI=1S/C15H15N3O/c1-4-5-11-6-7-12(13(19)9-11)15-10(2)8-14(16-3)17-18-15/h6-9,19H,1-3H3,(H,16,17). The second-order valence-corrected chi connectivity index (χ2v) is 4.12. The molecule has 0 aliphatic rings. The summed E-state index contributed by atoms with van der Waals surface area (Å²) in [6, 6.07) is 7.20. The molecular formula is C15H15N3O. The molecule has 4 heteroatoms. The summed E-state index contributed by atoms with van der Waals surface area (Å²) in [6.07, 6.45) is 0. The number of phenols is 1. The first-order valence-corrected chi connectivity index (χ1v) is 5.94. The molecule has 19 heavy (non-hydrogen) atoms. The van der Waals surface area contributed by atoms with Crippen molar-refractivity contribution in [1.82, 2.24) is 10.2 Å². The normalized spacial score (nSPS) is 9.63. The maximum atomic E-state index is 10.1. The van der Waals surface area contributed by atoms with Crippen molar-refractivity contribution in [1.29, 1.82) is 0 Å². The molecule has 0 radical (unpaired) electrons. The van der Waals surface area contributed by atoms with Gasteiger partial charge in [-0.3, -0.25) is 0 Å². The van der Waals surface area contributed by atoms with Crippen molar-refractivity contribution in [3.05, 3.63) is 35.4 Å². The van der Waals surface area contributed by atoms with Crippen LogP contribution in [0.3, 0.4) is 0 Å². The predicted molar refractivity (Wildman–Crippen MR) is 76.0 cm³/mol. The molecule has 0 spiro atoms. The molecule has 0 aliphatic carbocycles. The Morgan fingerprint density at radius 3 is 2.58 bits per heavy atom. The van der Waals surface area contributed by atoms with Gasteiger partial charge in [0.05, 0.1) is 5.69 Å². The van der Waals surface area contributed by atoms with Crippen LogP contribution in [-0.2, 0) is 0 Å². The van der Waals surface area contributed by atoms with Gasteiger partial charge in [-0.15, -0.1) is 16.1 Å². The second-order valence-electron chi connectivity index (χ2n) is 4.12. The average molecular weight is 253 g/mol. The van der Waals surface area contributed by atoms with E-state index in [2.05, 4.69) is 27.4 Å². The van der Waals surface area contributed by atoms with Gasteiger partial charge in [0.2, 0.25) is 0 Å². The van der Waals surface area contributed by atoms with Crippen LogP contribution in [-0.4, -0.2) is 22.4 Å². The Hall–Kier alpha value is -2.54. The maximum Gasteiger partial charge on any atom is 0.148 e. The first kappa shape index (κ1) is 12.9. The van der Waals surface area contributed by atoms with Gasteiger partial charge in [0.15, 0.2) is 0 Å². The van der Waals surface area contributed by atoms with Gasteiger partial charge in [0.25, 0.3) is 0 Å². The van der Waals surface area contributed by atoms with Gasteiger partial charge >= 0.3 is 0 Å². The van der Waals surface area contributed by atoms with Crippen molar-refractivity contribution in [3.8, 4) is 28.8 Å². The number of nitrogens with zero attached hydrogens (tertiary/aromatic N) is 2. The Kier molecular flexibility index (Phi) is 3.67. The summed E-state index contributed by atoms with van der Waals surface area (Å²) in [6.45, 7) is 3.70. The number of anilines is 1. The zero-order valence-electron chi connectivity index (χ0n) is 11.2. The van der Waals surface area contributed by atoms with Crippen LogP contribution in [0.15, 0.2) is 24.3 Å². The number of hydrogen-bond acceptors (Lipinski definition) is 4. The van der Waals surface area contributed by atoms with E-state index in [1.807, 2.05) is 25.1 Å². The number of aryl methyl sites for hydroxylation is 1. The van der Waals surface area contributed by atoms with Gasteiger partial charge in [-0.25, -0.2) is 0 Å². The van der Waals surface area contributed by atoms with Crippen LogP contribution in [0.2, 0.25) is 0 Å². The van der Waals surface area contributed by atoms with Crippen LogP contribution in [0.25, 0.3) is 11.3 Å². The molecular weight excluding hydrogens is 238 g/mol. The van der Waals surface area contributed by atoms with Crippen molar-refractivity contribution in [3.63, 3.8) is 0 Å². The summed E-state index contributed by atoms with van der Waals surface area (Å²) in [5.74, 6) is 6.57. The quantitative estimate of drug-likeness (QED) is 0.808. The summed E-state index contributed by atoms with van der Waals surface area (Å²) >= 11 is 0. The van der Waals surface area contributed by atoms with Crippen molar-refractivity contribution in [2.24, 2.45) is 0 Å². The molecule has 2 N–H and O–H groups in total. The van der Waals surface area contributed by atoms with Crippen LogP contribution < -0.4 is 5.32 Å². The van der Waals surface area contributed by atoms with Crippen LogP contribution in [0.1, 0.15) is 18.1 Å². The number of benzene rings is 1. The van der Waals surface area contributed by atoms with E-state index in [9.17, 15) is 5.11 Å². The van der Waals surface area contributed by atoms with Gasteiger partial charge in [-0.05, 0) is 43.7 Å². The first-order chi connectivity index (χ1) is 9.15. The van der Waals surface area contributed by atoms with Gasteiger partial charge in [-0.1, -0.05) is 5.92 Å². The molecule has 0 fully saturated rings. The minimum atomic E-state index is 0.162. The van der Waals surface area contributed by atoms with E-state index >= 15 is 0 Å². The maximum absolute atomic E-state index is 10.1. The monoisotopic (exact) mass is 253 g/mol. The van der Waals surface area contributed by atoms with Crippen LogP contribution in [0.5, 0.6) is 5.75 Å². The minimum absolute atomic E-state index is 0.162. The zero-order chi connectivity index (χ0) is 13.8. The smallest absolute Gasteiger partial charge is 0.148 e. The molecule has 4 nitrogen and oxygen atoms in total. The Morgan fingerprint density at radius 1 is 1.21 bits per heavy atom. The van der Waals surface area contributed by atoms with Gasteiger partial charge in [0.1, 0.15) is 11.6 Å². The average Bonchev–Trinajstić information content (AvgIpc) is 2.40. The molecule has 0 saturated carbocycles. The van der Waals surface area contributed by atoms with E-state index in [1.165, 1.54) is 0 Å². The zero-order valence-corrected chi connectivity index (χ0v) is 11.2. The molecule has 0 aliphatic heterocycles. The van der Waals surface area contributed by atoms with E-state index in [-0.39, 0.29) is 5.75 Å². The highest BCUT2D eigenvalue weighted by Crippen LogP contribution is 2.30. The van der Waals surface area contributed by atoms with Crippen molar-refractivity contribution >= 4 is 5.82 Å². The fourth-order valence-corrected chi connectivity index (χ4v) is 1.83. The third-order valence-corrected chi connectivity index (χ3v) is 2.76. The van der Waals surface area contributed by atoms with E-state index in [0.717, 1.165) is 11.1 Å². The lowest BCUT2D eigenvalue weighted by molar-refractivity contribution is 0.477. The molecule has 0 bridgehead atoms. The highest BCUT2D eigenvalue weighted by molar-refractivity contribution is 5.71. The number of aromatic hydroxyl groups is 1. The second kappa shape index (κ2) is 5.40.